The first-order valence-electron chi connectivity index (χ1n) is 8.62. The van der Waals surface area contributed by atoms with Gasteiger partial charge < -0.3 is 15.5 Å². The van der Waals surface area contributed by atoms with Crippen molar-refractivity contribution in [1.29, 1.82) is 5.26 Å². The highest BCUT2D eigenvalue weighted by molar-refractivity contribution is 6.44. The molecule has 2 aromatic rings. The lowest BCUT2D eigenvalue weighted by Gasteiger charge is -2.19. The minimum atomic E-state index is -0.932. The van der Waals surface area contributed by atoms with Crippen LogP contribution >= 0.6 is 11.6 Å². The van der Waals surface area contributed by atoms with Crippen LogP contribution < -0.4 is 15.5 Å². The molecule has 0 radical (unpaired) electrons. The third-order valence-corrected chi connectivity index (χ3v) is 4.62. The largest absolute Gasteiger partial charge is 0.318 e. The van der Waals surface area contributed by atoms with Gasteiger partial charge in [-0.15, -0.1) is 0 Å². The lowest BCUT2D eigenvalue weighted by atomic mass is 10.1. The van der Waals surface area contributed by atoms with Crippen molar-refractivity contribution in [3.05, 3.63) is 52.5 Å². The van der Waals surface area contributed by atoms with E-state index in [9.17, 15) is 14.4 Å². The van der Waals surface area contributed by atoms with Crippen LogP contribution in [-0.2, 0) is 14.4 Å². The van der Waals surface area contributed by atoms with E-state index in [1.165, 1.54) is 18.2 Å². The maximum Gasteiger partial charge on any atom is 0.314 e. The van der Waals surface area contributed by atoms with Crippen molar-refractivity contribution in [3.63, 3.8) is 0 Å². The maximum atomic E-state index is 12.3. The van der Waals surface area contributed by atoms with Crippen LogP contribution in [0.5, 0.6) is 0 Å². The Hall–Kier alpha value is -3.37. The Morgan fingerprint density at radius 3 is 2.57 bits per heavy atom. The van der Waals surface area contributed by atoms with E-state index in [0.717, 1.165) is 12.0 Å². The molecule has 0 atom stereocenters. The summed E-state index contributed by atoms with van der Waals surface area (Å²) in [7, 11) is 0. The summed E-state index contributed by atoms with van der Waals surface area (Å²) in [6.07, 6.45) is 1.29. The SMILES string of the molecule is Cc1ccc(NC(=O)C(=O)Nc2cc(Cl)ccc2C#N)cc1N1CCCC1=O. The number of nitrogens with zero attached hydrogens (tertiary/aromatic N) is 2. The Labute approximate surface area is 166 Å². The molecule has 3 amide bonds. The van der Waals surface area contributed by atoms with Crippen molar-refractivity contribution < 1.29 is 14.4 Å². The highest BCUT2D eigenvalue weighted by Gasteiger charge is 2.24. The zero-order chi connectivity index (χ0) is 20.3. The summed E-state index contributed by atoms with van der Waals surface area (Å²) in [5, 5.41) is 14.3. The van der Waals surface area contributed by atoms with Gasteiger partial charge in [0.05, 0.1) is 11.3 Å². The van der Waals surface area contributed by atoms with Crippen molar-refractivity contribution in [3.8, 4) is 6.07 Å². The molecule has 0 unspecified atom stereocenters. The first-order chi connectivity index (χ1) is 13.4. The van der Waals surface area contributed by atoms with E-state index in [1.54, 1.807) is 23.1 Å². The van der Waals surface area contributed by atoms with Crippen molar-refractivity contribution >= 4 is 46.4 Å². The normalized spacial score (nSPS) is 13.2. The molecule has 1 aliphatic heterocycles. The predicted molar refractivity (Wildman–Crippen MR) is 106 cm³/mol. The van der Waals surface area contributed by atoms with E-state index in [2.05, 4.69) is 10.6 Å². The molecule has 0 aromatic heterocycles. The Bertz CT molecular complexity index is 1010. The molecule has 28 heavy (non-hydrogen) atoms. The van der Waals surface area contributed by atoms with Crippen LogP contribution in [0.3, 0.4) is 0 Å². The average Bonchev–Trinajstić information content (AvgIpc) is 3.09. The number of amides is 3. The van der Waals surface area contributed by atoms with Gasteiger partial charge in [0, 0.05) is 29.4 Å². The lowest BCUT2D eigenvalue weighted by molar-refractivity contribution is -0.133. The van der Waals surface area contributed by atoms with E-state index in [0.29, 0.717) is 29.4 Å². The molecule has 0 spiro atoms. The molecule has 1 heterocycles. The number of hydrogen-bond acceptors (Lipinski definition) is 4. The van der Waals surface area contributed by atoms with Gasteiger partial charge in [0.2, 0.25) is 5.91 Å². The molecule has 8 heteroatoms. The van der Waals surface area contributed by atoms with E-state index in [4.69, 9.17) is 16.9 Å². The fourth-order valence-electron chi connectivity index (χ4n) is 2.97. The quantitative estimate of drug-likeness (QED) is 0.777. The second-order valence-corrected chi connectivity index (χ2v) is 6.80. The van der Waals surface area contributed by atoms with Gasteiger partial charge >= 0.3 is 11.8 Å². The minimum absolute atomic E-state index is 0.0364. The third kappa shape index (κ3) is 4.13. The summed E-state index contributed by atoms with van der Waals surface area (Å²) < 4.78 is 0. The van der Waals surface area contributed by atoms with Crippen LogP contribution in [0, 0.1) is 18.3 Å². The van der Waals surface area contributed by atoms with Crippen LogP contribution in [-0.4, -0.2) is 24.3 Å². The number of carbonyl (C=O) groups excluding carboxylic acids is 3. The second-order valence-electron chi connectivity index (χ2n) is 6.36. The topological polar surface area (TPSA) is 102 Å². The number of rotatable bonds is 3. The van der Waals surface area contributed by atoms with Crippen LogP contribution in [0.15, 0.2) is 36.4 Å². The number of aryl methyl sites for hydroxylation is 1. The van der Waals surface area contributed by atoms with E-state index < -0.39 is 11.8 Å². The van der Waals surface area contributed by atoms with Crippen LogP contribution in [0.2, 0.25) is 5.02 Å². The monoisotopic (exact) mass is 396 g/mol. The van der Waals surface area contributed by atoms with Crippen molar-refractivity contribution in [2.75, 3.05) is 22.1 Å². The molecule has 0 aliphatic carbocycles. The zero-order valence-corrected chi connectivity index (χ0v) is 15.8. The van der Waals surface area contributed by atoms with Gasteiger partial charge in [-0.3, -0.25) is 14.4 Å². The molecule has 1 aliphatic rings. The van der Waals surface area contributed by atoms with Crippen molar-refractivity contribution in [2.24, 2.45) is 0 Å². The van der Waals surface area contributed by atoms with Crippen LogP contribution in [0.1, 0.15) is 24.0 Å². The number of anilines is 3. The predicted octanol–water partition coefficient (Wildman–Crippen LogP) is 3.22. The van der Waals surface area contributed by atoms with Crippen LogP contribution in [0.25, 0.3) is 0 Å². The van der Waals surface area contributed by atoms with Gasteiger partial charge in [-0.1, -0.05) is 17.7 Å². The van der Waals surface area contributed by atoms with E-state index >= 15 is 0 Å². The highest BCUT2D eigenvalue weighted by Crippen LogP contribution is 2.28. The summed E-state index contributed by atoms with van der Waals surface area (Å²) in [6, 6.07) is 11.4. The number of nitrogens with one attached hydrogen (secondary N) is 2. The van der Waals surface area contributed by atoms with E-state index in [1.807, 2.05) is 13.0 Å². The number of carbonyl (C=O) groups is 3. The molecule has 142 valence electrons. The summed E-state index contributed by atoms with van der Waals surface area (Å²) in [6.45, 7) is 2.51. The second kappa shape index (κ2) is 8.11. The van der Waals surface area contributed by atoms with Crippen LogP contribution in [0.4, 0.5) is 17.1 Å². The third-order valence-electron chi connectivity index (χ3n) is 4.39. The Balaban J connectivity index is 1.74. The summed E-state index contributed by atoms with van der Waals surface area (Å²) in [5.74, 6) is -1.79. The minimum Gasteiger partial charge on any atom is -0.318 e. The molecule has 1 saturated heterocycles. The van der Waals surface area contributed by atoms with Gasteiger partial charge in [-0.25, -0.2) is 0 Å². The summed E-state index contributed by atoms with van der Waals surface area (Å²) in [4.78, 5) is 38.2. The Morgan fingerprint density at radius 2 is 1.89 bits per heavy atom. The van der Waals surface area contributed by atoms with Gasteiger partial charge in [-0.05, 0) is 49.2 Å². The molecule has 0 saturated carbocycles. The lowest BCUT2D eigenvalue weighted by Crippen LogP contribution is -2.29. The van der Waals surface area contributed by atoms with Gasteiger partial charge in [0.15, 0.2) is 0 Å². The molecular weight excluding hydrogens is 380 g/mol. The molecule has 3 rings (SSSR count). The summed E-state index contributed by atoms with van der Waals surface area (Å²) >= 11 is 5.88. The van der Waals surface area contributed by atoms with Gasteiger partial charge in [0.1, 0.15) is 6.07 Å². The van der Waals surface area contributed by atoms with Crippen molar-refractivity contribution in [1.82, 2.24) is 0 Å². The Kier molecular flexibility index (Phi) is 5.62. The molecule has 0 bridgehead atoms. The molecule has 1 fully saturated rings. The number of hydrogen-bond donors (Lipinski definition) is 2. The number of nitriles is 1. The first kappa shape index (κ1) is 19.4. The fourth-order valence-corrected chi connectivity index (χ4v) is 3.14. The average molecular weight is 397 g/mol. The van der Waals surface area contributed by atoms with Crippen molar-refractivity contribution in [2.45, 2.75) is 19.8 Å². The smallest absolute Gasteiger partial charge is 0.314 e. The maximum absolute atomic E-state index is 12.3. The standard InChI is InChI=1S/C20H17ClN4O3/c1-12-4-7-15(10-17(12)25-8-2-3-18(25)26)23-19(27)20(28)24-16-9-14(21)6-5-13(16)11-22/h4-7,9-10H,2-3,8H2,1H3,(H,23,27)(H,24,28). The molecule has 2 aromatic carbocycles. The molecular formula is C20H17ClN4O3. The fraction of sp³-hybridized carbons (Fsp3) is 0.200. The molecule has 2 N–H and O–H groups in total. The first-order valence-corrected chi connectivity index (χ1v) is 9.00. The Morgan fingerprint density at radius 1 is 1.14 bits per heavy atom. The van der Waals surface area contributed by atoms with Gasteiger partial charge in [-0.2, -0.15) is 5.26 Å². The summed E-state index contributed by atoms with van der Waals surface area (Å²) in [5.41, 5.74) is 2.35. The number of halogens is 1. The number of benzene rings is 2. The highest BCUT2D eigenvalue weighted by atomic mass is 35.5. The van der Waals surface area contributed by atoms with Gasteiger partial charge in [0.25, 0.3) is 0 Å². The zero-order valence-electron chi connectivity index (χ0n) is 15.1. The molecule has 7 nitrogen and oxygen atoms in total. The van der Waals surface area contributed by atoms with E-state index in [-0.39, 0.29) is 17.2 Å².